The van der Waals surface area contributed by atoms with E-state index >= 15 is 0 Å². The maximum absolute atomic E-state index is 6.51. The van der Waals surface area contributed by atoms with Gasteiger partial charge in [-0.15, -0.1) is 0 Å². The summed E-state index contributed by atoms with van der Waals surface area (Å²) in [6.07, 6.45) is 10.3. The molecule has 0 aromatic rings. The summed E-state index contributed by atoms with van der Waals surface area (Å²) in [5.74, 6) is 0.978. The molecule has 0 radical (unpaired) electrons. The predicted molar refractivity (Wildman–Crippen MR) is 94.8 cm³/mol. The highest BCUT2D eigenvalue weighted by molar-refractivity contribution is 5.09. The van der Waals surface area contributed by atoms with Crippen molar-refractivity contribution in [3.63, 3.8) is 0 Å². The summed E-state index contributed by atoms with van der Waals surface area (Å²) in [4.78, 5) is 12.1. The van der Waals surface area contributed by atoms with Gasteiger partial charge in [0.25, 0.3) is 0 Å². The summed E-state index contributed by atoms with van der Waals surface area (Å²) in [7, 11) is 0. The molecular weight excluding hydrogens is 332 g/mol. The van der Waals surface area contributed by atoms with E-state index in [1.807, 2.05) is 6.92 Å². The van der Waals surface area contributed by atoms with Gasteiger partial charge in [0, 0.05) is 18.3 Å². The number of rotatable bonds is 2. The van der Waals surface area contributed by atoms with Gasteiger partial charge in [-0.05, 0) is 50.9 Å². The summed E-state index contributed by atoms with van der Waals surface area (Å²) in [5.41, 5.74) is -0.473. The van der Waals surface area contributed by atoms with Crippen LogP contribution < -0.4 is 0 Å². The molecule has 0 aromatic heterocycles. The second-order valence-corrected chi connectivity index (χ2v) is 9.67. The largest absolute Gasteiger partial charge is 0.349 e. The van der Waals surface area contributed by atoms with Crippen molar-refractivity contribution in [2.75, 3.05) is 0 Å². The molecule has 4 aliphatic heterocycles. The standard InChI is InChI=1S/C21H34O5/c1-13-9-10-17-14(2)18(22-15-7-5-4-6-8-15)23-19-21(17)16(13)11-12-20(3,24-19)25-26-21/h13-19H,4-12H2,1-3H3/t13-,14-,16?,17?,18?,19-,20-,21-/m1/s1. The van der Waals surface area contributed by atoms with Gasteiger partial charge in [-0.3, -0.25) is 0 Å². The van der Waals surface area contributed by atoms with Gasteiger partial charge in [0.2, 0.25) is 5.79 Å². The summed E-state index contributed by atoms with van der Waals surface area (Å²) >= 11 is 0. The van der Waals surface area contributed by atoms with E-state index in [2.05, 4.69) is 13.8 Å². The van der Waals surface area contributed by atoms with Crippen LogP contribution in [0, 0.1) is 23.7 Å². The third kappa shape index (κ3) is 2.61. The Morgan fingerprint density at radius 2 is 1.69 bits per heavy atom. The van der Waals surface area contributed by atoms with Crippen molar-refractivity contribution in [3.05, 3.63) is 0 Å². The van der Waals surface area contributed by atoms with Crippen LogP contribution in [0.2, 0.25) is 0 Å². The Labute approximate surface area is 157 Å². The monoisotopic (exact) mass is 366 g/mol. The summed E-state index contributed by atoms with van der Waals surface area (Å²) in [6.45, 7) is 6.61. The minimum atomic E-state index is -0.701. The van der Waals surface area contributed by atoms with Crippen LogP contribution in [0.5, 0.6) is 0 Å². The van der Waals surface area contributed by atoms with Crippen LogP contribution >= 0.6 is 0 Å². The van der Waals surface area contributed by atoms with E-state index in [0.717, 1.165) is 32.1 Å². The quantitative estimate of drug-likeness (QED) is 0.671. The minimum absolute atomic E-state index is 0.195. The molecule has 0 N–H and O–H groups in total. The molecule has 3 unspecified atom stereocenters. The molecule has 1 spiro atoms. The third-order valence-electron chi connectivity index (χ3n) is 7.98. The minimum Gasteiger partial charge on any atom is -0.349 e. The smallest absolute Gasteiger partial charge is 0.201 e. The van der Waals surface area contributed by atoms with Crippen LogP contribution in [0.1, 0.15) is 78.6 Å². The molecule has 148 valence electrons. The lowest BCUT2D eigenvalue weighted by atomic mass is 9.58. The van der Waals surface area contributed by atoms with E-state index < -0.39 is 11.4 Å². The Kier molecular flexibility index (Phi) is 4.41. The molecular formula is C21H34O5. The lowest BCUT2D eigenvalue weighted by Gasteiger charge is -2.60. The van der Waals surface area contributed by atoms with Crippen molar-refractivity contribution in [3.8, 4) is 0 Å². The van der Waals surface area contributed by atoms with Gasteiger partial charge in [-0.2, -0.15) is 0 Å². The summed E-state index contributed by atoms with van der Waals surface area (Å²) in [6, 6.07) is 0. The van der Waals surface area contributed by atoms with Crippen molar-refractivity contribution in [2.24, 2.45) is 23.7 Å². The van der Waals surface area contributed by atoms with Crippen LogP contribution in [0.25, 0.3) is 0 Å². The third-order valence-corrected chi connectivity index (χ3v) is 7.98. The number of hydrogen-bond acceptors (Lipinski definition) is 5. The number of hydrogen-bond donors (Lipinski definition) is 0. The first-order valence-corrected chi connectivity index (χ1v) is 10.9. The first-order chi connectivity index (χ1) is 12.5. The highest BCUT2D eigenvalue weighted by atomic mass is 17.3. The van der Waals surface area contributed by atoms with Crippen molar-refractivity contribution in [2.45, 2.75) is 109 Å². The van der Waals surface area contributed by atoms with Crippen molar-refractivity contribution >= 4 is 0 Å². The average molecular weight is 366 g/mol. The van der Waals surface area contributed by atoms with Crippen molar-refractivity contribution in [1.82, 2.24) is 0 Å². The van der Waals surface area contributed by atoms with Gasteiger partial charge in [0.05, 0.1) is 6.10 Å². The molecule has 2 saturated carbocycles. The SMILES string of the molecule is C[C@H]1C(OC2CCCCC2)O[C@@H]2O[C@@]3(C)CCC4[C@H](C)CCC1[C@]42OO3. The van der Waals surface area contributed by atoms with Crippen LogP contribution in [0.3, 0.4) is 0 Å². The van der Waals surface area contributed by atoms with Crippen LogP contribution in [-0.2, 0) is 24.0 Å². The molecule has 26 heavy (non-hydrogen) atoms. The molecule has 8 atom stereocenters. The molecule has 5 heteroatoms. The lowest BCUT2D eigenvalue weighted by Crippen LogP contribution is -2.70. The van der Waals surface area contributed by atoms with Gasteiger partial charge in [-0.25, -0.2) is 9.78 Å². The fourth-order valence-corrected chi connectivity index (χ4v) is 6.42. The second kappa shape index (κ2) is 6.41. The zero-order chi connectivity index (χ0) is 17.9. The highest BCUT2D eigenvalue weighted by Gasteiger charge is 2.69. The second-order valence-electron chi connectivity index (χ2n) is 9.67. The highest BCUT2D eigenvalue weighted by Crippen LogP contribution is 2.60. The first kappa shape index (κ1) is 17.9. The molecule has 0 amide bonds. The first-order valence-electron chi connectivity index (χ1n) is 10.9. The summed E-state index contributed by atoms with van der Waals surface area (Å²) in [5, 5.41) is 0. The van der Waals surface area contributed by atoms with Crippen molar-refractivity contribution in [1.29, 1.82) is 0 Å². The normalized spacial score (nSPS) is 54.6. The van der Waals surface area contributed by atoms with Gasteiger partial charge in [-0.1, -0.05) is 33.1 Å². The van der Waals surface area contributed by atoms with E-state index in [9.17, 15) is 0 Å². The van der Waals surface area contributed by atoms with Gasteiger partial charge in [0.1, 0.15) is 0 Å². The fourth-order valence-electron chi connectivity index (χ4n) is 6.42. The average Bonchev–Trinajstić information content (AvgIpc) is 2.86. The fraction of sp³-hybridized carbons (Fsp3) is 1.00. The molecule has 2 bridgehead atoms. The Morgan fingerprint density at radius 1 is 0.885 bits per heavy atom. The van der Waals surface area contributed by atoms with Crippen LogP contribution in [0.4, 0.5) is 0 Å². The van der Waals surface area contributed by atoms with Crippen LogP contribution in [-0.4, -0.2) is 30.1 Å². The Morgan fingerprint density at radius 3 is 2.50 bits per heavy atom. The topological polar surface area (TPSA) is 46.2 Å². The Bertz CT molecular complexity index is 534. The number of fused-ring (bicyclic) bond motifs is 2. The number of ether oxygens (including phenoxy) is 3. The van der Waals surface area contributed by atoms with Gasteiger partial charge in [0.15, 0.2) is 18.2 Å². The predicted octanol–water partition coefficient (Wildman–Crippen LogP) is 4.54. The zero-order valence-electron chi connectivity index (χ0n) is 16.4. The van der Waals surface area contributed by atoms with Crippen LogP contribution in [0.15, 0.2) is 0 Å². The molecule has 5 nitrogen and oxygen atoms in total. The maximum Gasteiger partial charge on any atom is 0.201 e. The lowest BCUT2D eigenvalue weighted by molar-refractivity contribution is -0.578. The van der Waals surface area contributed by atoms with Gasteiger partial charge < -0.3 is 14.2 Å². The maximum atomic E-state index is 6.51. The van der Waals surface area contributed by atoms with Crippen molar-refractivity contribution < 1.29 is 24.0 Å². The Balaban J connectivity index is 1.44. The van der Waals surface area contributed by atoms with E-state index in [-0.39, 0.29) is 18.5 Å². The molecule has 4 saturated heterocycles. The molecule has 4 heterocycles. The van der Waals surface area contributed by atoms with Gasteiger partial charge >= 0.3 is 0 Å². The molecule has 2 aliphatic carbocycles. The van der Waals surface area contributed by atoms with E-state index in [0.29, 0.717) is 23.9 Å². The molecule has 6 rings (SSSR count). The molecule has 0 aromatic carbocycles. The zero-order valence-corrected chi connectivity index (χ0v) is 16.4. The van der Waals surface area contributed by atoms with E-state index in [1.165, 1.54) is 25.7 Å². The van der Waals surface area contributed by atoms with E-state index in [4.69, 9.17) is 24.0 Å². The molecule has 6 fully saturated rings. The summed E-state index contributed by atoms with van der Waals surface area (Å²) < 4.78 is 19.4. The van der Waals surface area contributed by atoms with E-state index in [1.54, 1.807) is 0 Å². The molecule has 6 aliphatic rings. The Hall–Kier alpha value is -0.200.